The Morgan fingerprint density at radius 2 is 0.597 bits per heavy atom. The van der Waals surface area contributed by atoms with Crippen molar-refractivity contribution in [3.63, 3.8) is 0 Å². The molecule has 0 fully saturated rings. The molecule has 9 aromatic carbocycles. The Hall–Kier alpha value is -8.48. The van der Waals surface area contributed by atoms with Crippen LogP contribution >= 0.6 is 0 Å². The third-order valence-electron chi connectivity index (χ3n) is 13.5. The Morgan fingerprint density at radius 3 is 1.03 bits per heavy atom. The molecule has 6 heteroatoms. The van der Waals surface area contributed by atoms with Crippen molar-refractivity contribution in [3.05, 3.63) is 194 Å². The summed E-state index contributed by atoms with van der Waals surface area (Å²) in [7, 11) is 0. The first-order chi connectivity index (χ1) is 30.8. The summed E-state index contributed by atoms with van der Waals surface area (Å²) in [5.74, 6) is 0. The zero-order valence-corrected chi connectivity index (χ0v) is 33.2. The molecule has 0 aliphatic heterocycles. The lowest BCUT2D eigenvalue weighted by Gasteiger charge is -2.15. The molecule has 6 heterocycles. The van der Waals surface area contributed by atoms with Gasteiger partial charge < -0.3 is 9.13 Å². The van der Waals surface area contributed by atoms with Gasteiger partial charge in [0.05, 0.1) is 55.2 Å². The van der Waals surface area contributed by atoms with Crippen molar-refractivity contribution < 1.29 is 0 Å². The maximum Gasteiger partial charge on any atom is 0.146 e. The normalized spacial score (nSPS) is 12.5. The molecule has 0 spiro atoms. The standard InChI is InChI=1S/C56H32N6/c1-7-19-47-35(13-1)39-29-30-40-36-14-2-8-20-48(36)60(34-26-28-42-44(32-34)38-16-4-10-22-50(38)62-52-24-12-6-18-46(52)58-56(42)62)54(40)53(39)59(47)33-25-27-41-43(31-33)37-15-3-9-21-49(37)61-51-23-11-5-17-45(51)57-55(41)61/h1-32H. The topological polar surface area (TPSA) is 44.5 Å². The molecule has 0 radical (unpaired) electrons. The van der Waals surface area contributed by atoms with Gasteiger partial charge in [-0.2, -0.15) is 0 Å². The average Bonchev–Trinajstić information content (AvgIpc) is 4.10. The molecule has 0 saturated carbocycles. The van der Waals surface area contributed by atoms with E-state index in [2.05, 4.69) is 212 Å². The summed E-state index contributed by atoms with van der Waals surface area (Å²) in [6.07, 6.45) is 0. The molecule has 6 nitrogen and oxygen atoms in total. The lowest BCUT2D eigenvalue weighted by molar-refractivity contribution is 1.15. The van der Waals surface area contributed by atoms with Crippen LogP contribution in [0, 0.1) is 0 Å². The Labute approximate surface area is 352 Å². The Morgan fingerprint density at radius 1 is 0.258 bits per heavy atom. The van der Waals surface area contributed by atoms with E-state index in [0.29, 0.717) is 0 Å². The predicted molar refractivity (Wildman–Crippen MR) is 258 cm³/mol. The van der Waals surface area contributed by atoms with Crippen LogP contribution in [0.15, 0.2) is 194 Å². The minimum absolute atomic E-state index is 0.973. The minimum Gasteiger partial charge on any atom is -0.307 e. The highest BCUT2D eigenvalue weighted by Crippen LogP contribution is 2.44. The fourth-order valence-electron chi connectivity index (χ4n) is 10.9. The molecular formula is C56H32N6. The van der Waals surface area contributed by atoms with E-state index < -0.39 is 0 Å². The molecule has 0 aliphatic rings. The fraction of sp³-hybridized carbons (Fsp3) is 0. The second kappa shape index (κ2) is 11.6. The van der Waals surface area contributed by atoms with Crippen molar-refractivity contribution in [2.45, 2.75) is 0 Å². The van der Waals surface area contributed by atoms with Crippen LogP contribution in [0.5, 0.6) is 0 Å². The summed E-state index contributed by atoms with van der Waals surface area (Å²) in [6.45, 7) is 0. The van der Waals surface area contributed by atoms with Gasteiger partial charge in [-0.25, -0.2) is 9.97 Å². The van der Waals surface area contributed by atoms with E-state index in [4.69, 9.17) is 9.97 Å². The second-order valence-electron chi connectivity index (χ2n) is 16.6. The van der Waals surface area contributed by atoms with Gasteiger partial charge in [-0.1, -0.05) is 109 Å². The lowest BCUT2D eigenvalue weighted by Crippen LogP contribution is -2.00. The largest absolute Gasteiger partial charge is 0.307 e. The average molecular weight is 789 g/mol. The first kappa shape index (κ1) is 32.4. The molecule has 15 aromatic rings. The number of hydrogen-bond donors (Lipinski definition) is 0. The monoisotopic (exact) mass is 788 g/mol. The molecule has 0 atom stereocenters. The first-order valence-corrected chi connectivity index (χ1v) is 21.2. The molecule has 15 rings (SSSR count). The van der Waals surface area contributed by atoms with Crippen LogP contribution < -0.4 is 0 Å². The van der Waals surface area contributed by atoms with Gasteiger partial charge in [0.25, 0.3) is 0 Å². The first-order valence-electron chi connectivity index (χ1n) is 21.2. The van der Waals surface area contributed by atoms with Gasteiger partial charge in [0.15, 0.2) is 0 Å². The van der Waals surface area contributed by atoms with Crippen LogP contribution in [-0.4, -0.2) is 27.9 Å². The van der Waals surface area contributed by atoms with Gasteiger partial charge in [-0.3, -0.25) is 8.80 Å². The van der Waals surface area contributed by atoms with E-state index in [0.717, 1.165) is 66.5 Å². The summed E-state index contributed by atoms with van der Waals surface area (Å²) >= 11 is 0. The zero-order valence-electron chi connectivity index (χ0n) is 33.2. The molecule has 0 saturated heterocycles. The number of hydrogen-bond acceptors (Lipinski definition) is 2. The summed E-state index contributed by atoms with van der Waals surface area (Å²) in [6, 6.07) is 70.7. The maximum atomic E-state index is 5.21. The van der Waals surface area contributed by atoms with Crippen molar-refractivity contribution >= 4 is 120 Å². The molecule has 62 heavy (non-hydrogen) atoms. The van der Waals surface area contributed by atoms with Gasteiger partial charge in [-0.15, -0.1) is 0 Å². The number of benzene rings is 9. The number of para-hydroxylation sites is 8. The van der Waals surface area contributed by atoms with E-state index in [1.807, 2.05) is 0 Å². The quantitative estimate of drug-likeness (QED) is 0.164. The lowest BCUT2D eigenvalue weighted by atomic mass is 10.0. The van der Waals surface area contributed by atoms with Crippen LogP contribution in [0.2, 0.25) is 0 Å². The number of pyridine rings is 2. The Balaban J connectivity index is 1.08. The number of imidazole rings is 2. The Bertz CT molecular complexity index is 4180. The highest BCUT2D eigenvalue weighted by Gasteiger charge is 2.23. The van der Waals surface area contributed by atoms with Crippen molar-refractivity contribution in [2.24, 2.45) is 0 Å². The molecule has 0 aliphatic carbocycles. The van der Waals surface area contributed by atoms with Gasteiger partial charge in [0, 0.05) is 54.5 Å². The SMILES string of the molecule is c1ccc2c(c1)nc1c3ccc(-n4c5ccccc5c5ccc6c7ccccc7n(-c7ccc8c(c7)c7ccccc7n7c9ccccc9nc87)c6c54)cc3c3ccccc3n21. The highest BCUT2D eigenvalue weighted by molar-refractivity contribution is 6.25. The second-order valence-corrected chi connectivity index (χ2v) is 16.6. The highest BCUT2D eigenvalue weighted by atomic mass is 15.1. The van der Waals surface area contributed by atoms with Crippen LogP contribution in [-0.2, 0) is 0 Å². The van der Waals surface area contributed by atoms with Crippen molar-refractivity contribution in [1.82, 2.24) is 27.9 Å². The third-order valence-corrected chi connectivity index (χ3v) is 13.5. The van der Waals surface area contributed by atoms with E-state index in [-0.39, 0.29) is 0 Å². The molecule has 0 bridgehead atoms. The summed E-state index contributed by atoms with van der Waals surface area (Å²) in [5, 5.41) is 11.9. The number of fused-ring (bicyclic) bond motifs is 23. The number of aromatic nitrogens is 6. The predicted octanol–water partition coefficient (Wildman–Crippen LogP) is 14.1. The van der Waals surface area contributed by atoms with Gasteiger partial charge in [0.2, 0.25) is 0 Å². The molecule has 286 valence electrons. The van der Waals surface area contributed by atoms with E-state index in [1.54, 1.807) is 0 Å². The number of nitrogens with zero attached hydrogens (tertiary/aromatic N) is 6. The van der Waals surface area contributed by atoms with Gasteiger partial charge in [0.1, 0.15) is 11.3 Å². The van der Waals surface area contributed by atoms with E-state index in [1.165, 1.54) is 65.2 Å². The van der Waals surface area contributed by atoms with Crippen molar-refractivity contribution in [3.8, 4) is 11.4 Å². The summed E-state index contributed by atoms with van der Waals surface area (Å²) < 4.78 is 9.64. The van der Waals surface area contributed by atoms with Crippen LogP contribution in [0.3, 0.4) is 0 Å². The van der Waals surface area contributed by atoms with Crippen LogP contribution in [0.1, 0.15) is 0 Å². The maximum absolute atomic E-state index is 5.21. The zero-order chi connectivity index (χ0) is 40.2. The number of rotatable bonds is 2. The van der Waals surface area contributed by atoms with Crippen molar-refractivity contribution in [2.75, 3.05) is 0 Å². The smallest absolute Gasteiger partial charge is 0.146 e. The van der Waals surface area contributed by atoms with Crippen molar-refractivity contribution in [1.29, 1.82) is 0 Å². The molecular weight excluding hydrogens is 757 g/mol. The van der Waals surface area contributed by atoms with Crippen LogP contribution in [0.4, 0.5) is 0 Å². The molecule has 0 amide bonds. The van der Waals surface area contributed by atoms with Gasteiger partial charge in [-0.05, 0) is 95.7 Å². The van der Waals surface area contributed by atoms with Gasteiger partial charge >= 0.3 is 0 Å². The molecule has 0 N–H and O–H groups in total. The minimum atomic E-state index is 0.973. The summed E-state index contributed by atoms with van der Waals surface area (Å²) in [5.41, 5.74) is 15.4. The molecule has 6 aromatic heterocycles. The Kier molecular flexibility index (Phi) is 6.07. The van der Waals surface area contributed by atoms with E-state index >= 15 is 0 Å². The van der Waals surface area contributed by atoms with Crippen LogP contribution in [0.25, 0.3) is 132 Å². The third kappa shape index (κ3) is 4.04. The fourth-order valence-corrected chi connectivity index (χ4v) is 10.9. The summed E-state index contributed by atoms with van der Waals surface area (Å²) in [4.78, 5) is 10.4. The molecule has 0 unspecified atom stereocenters. The van der Waals surface area contributed by atoms with E-state index in [9.17, 15) is 0 Å².